The van der Waals surface area contributed by atoms with Crippen molar-refractivity contribution >= 4 is 0 Å². The molecule has 3 heteroatoms. The van der Waals surface area contributed by atoms with Crippen LogP contribution in [0.25, 0.3) is 0 Å². The first-order valence-electron chi connectivity index (χ1n) is 4.05. The molecule has 1 aromatic rings. The maximum atomic E-state index is 2.23. The Balaban J connectivity index is -0.000000333. The maximum absolute atomic E-state index is 2.23. The second-order valence-corrected chi connectivity index (χ2v) is 2.84. The summed E-state index contributed by atoms with van der Waals surface area (Å²) in [5.74, 6) is 0. The van der Waals surface area contributed by atoms with Crippen LogP contribution < -0.4 is 24.8 Å². The van der Waals surface area contributed by atoms with Crippen LogP contribution >= 0.6 is 0 Å². The molecule has 0 unspecified atom stereocenters. The molecule has 0 saturated carbocycles. The molecule has 0 nitrogen and oxygen atoms in total. The summed E-state index contributed by atoms with van der Waals surface area (Å²) in [7, 11) is 0. The second kappa shape index (κ2) is 10.9. The fourth-order valence-electron chi connectivity index (χ4n) is 1.19. The van der Waals surface area contributed by atoms with E-state index in [-0.39, 0.29) is 51.0 Å². The summed E-state index contributed by atoms with van der Waals surface area (Å²) < 4.78 is 0. The monoisotopic (exact) mass is 295 g/mol. The van der Waals surface area contributed by atoms with Gasteiger partial charge in [0.05, 0.1) is 0 Å². The second-order valence-electron chi connectivity index (χ2n) is 2.84. The van der Waals surface area contributed by atoms with Gasteiger partial charge in [0.2, 0.25) is 0 Å². The quantitative estimate of drug-likeness (QED) is 0.524. The summed E-state index contributed by atoms with van der Waals surface area (Å²) in [5, 5.41) is 0. The molecule has 0 aliphatic heterocycles. The topological polar surface area (TPSA) is 0 Å². The molecule has 0 saturated heterocycles. The van der Waals surface area contributed by atoms with Gasteiger partial charge in [0.25, 0.3) is 0 Å². The third-order valence-corrected chi connectivity index (χ3v) is 1.95. The molecule has 0 N–H and O–H groups in total. The molecular formula is C10H15Cl2Zr. The van der Waals surface area contributed by atoms with Gasteiger partial charge in [-0.3, -0.25) is 0 Å². The van der Waals surface area contributed by atoms with E-state index in [4.69, 9.17) is 0 Å². The summed E-state index contributed by atoms with van der Waals surface area (Å²) in [6.07, 6.45) is 3.88. The summed E-state index contributed by atoms with van der Waals surface area (Å²) in [6.45, 7) is 4.42. The summed E-state index contributed by atoms with van der Waals surface area (Å²) in [6, 6.07) is 6.55. The molecule has 13 heavy (non-hydrogen) atoms. The molecule has 0 fully saturated rings. The van der Waals surface area contributed by atoms with Crippen molar-refractivity contribution in [1.82, 2.24) is 0 Å². The van der Waals surface area contributed by atoms with E-state index >= 15 is 0 Å². The molecule has 0 aliphatic carbocycles. The summed E-state index contributed by atoms with van der Waals surface area (Å²) >= 11 is 0. The molecule has 0 bridgehead atoms. The van der Waals surface area contributed by atoms with Crippen molar-refractivity contribution in [3.63, 3.8) is 0 Å². The first-order chi connectivity index (χ1) is 4.84. The zero-order valence-corrected chi connectivity index (χ0v) is 12.1. The van der Waals surface area contributed by atoms with Gasteiger partial charge in [-0.1, -0.05) is 33.1 Å². The van der Waals surface area contributed by atoms with E-state index in [9.17, 15) is 0 Å². The van der Waals surface area contributed by atoms with Crippen LogP contribution in [-0.4, -0.2) is 0 Å². The predicted molar refractivity (Wildman–Crippen MR) is 45.4 cm³/mol. The first-order valence-corrected chi connectivity index (χ1v) is 4.05. The Hall–Kier alpha value is 0.813. The van der Waals surface area contributed by atoms with Gasteiger partial charge in [0, 0.05) is 0 Å². The van der Waals surface area contributed by atoms with Crippen LogP contribution in [0.1, 0.15) is 30.9 Å². The van der Waals surface area contributed by atoms with Gasteiger partial charge in [-0.05, 0) is 0 Å². The number of halogens is 2. The van der Waals surface area contributed by atoms with Crippen molar-refractivity contribution in [2.45, 2.75) is 33.1 Å². The van der Waals surface area contributed by atoms with Crippen LogP contribution in [0, 0.1) is 6.92 Å². The minimum absolute atomic E-state index is 0. The van der Waals surface area contributed by atoms with Crippen molar-refractivity contribution in [2.24, 2.45) is 0 Å². The van der Waals surface area contributed by atoms with E-state index in [1.54, 1.807) is 0 Å². The Bertz CT molecular complexity index is 197. The van der Waals surface area contributed by atoms with Crippen LogP contribution in [0.5, 0.6) is 0 Å². The van der Waals surface area contributed by atoms with Crippen LogP contribution in [0.15, 0.2) is 18.2 Å². The Morgan fingerprint density at radius 3 is 2.23 bits per heavy atom. The van der Waals surface area contributed by atoms with Gasteiger partial charge in [0.15, 0.2) is 0 Å². The van der Waals surface area contributed by atoms with Gasteiger partial charge < -0.3 is 24.8 Å². The van der Waals surface area contributed by atoms with Gasteiger partial charge in [0.1, 0.15) is 0 Å². The smallest absolute Gasteiger partial charge is 1.00 e. The van der Waals surface area contributed by atoms with Crippen molar-refractivity contribution in [3.05, 3.63) is 29.3 Å². The van der Waals surface area contributed by atoms with E-state index in [2.05, 4.69) is 32.0 Å². The molecule has 1 rings (SSSR count). The molecule has 0 spiro atoms. The zero-order chi connectivity index (χ0) is 7.40. The molecule has 73 valence electrons. The fraction of sp³-hybridized carbons (Fsp3) is 0.500. The summed E-state index contributed by atoms with van der Waals surface area (Å²) in [4.78, 5) is 0. The Morgan fingerprint density at radius 2 is 1.85 bits per heavy atom. The predicted octanol–water partition coefficient (Wildman–Crippen LogP) is -2.94. The van der Waals surface area contributed by atoms with Crippen molar-refractivity contribution in [2.75, 3.05) is 0 Å². The molecule has 1 aromatic carbocycles. The molecule has 0 aromatic heterocycles. The van der Waals surface area contributed by atoms with E-state index in [1.165, 1.54) is 30.4 Å². The molecular weight excluding hydrogens is 282 g/mol. The Morgan fingerprint density at radius 1 is 1.23 bits per heavy atom. The Kier molecular flexibility index (Phi) is 16.2. The molecule has 0 amide bonds. The third-order valence-electron chi connectivity index (χ3n) is 1.95. The Labute approximate surface area is 113 Å². The number of hydrogen-bond donors (Lipinski definition) is 0. The van der Waals surface area contributed by atoms with Crippen LogP contribution in [-0.2, 0) is 32.6 Å². The van der Waals surface area contributed by atoms with Gasteiger partial charge in [-0.25, -0.2) is 0 Å². The molecule has 1 radical (unpaired) electrons. The number of aryl methyl sites for hydroxylation is 2. The first kappa shape index (κ1) is 19.4. The van der Waals surface area contributed by atoms with Crippen LogP contribution in [0.3, 0.4) is 0 Å². The average molecular weight is 297 g/mol. The van der Waals surface area contributed by atoms with Crippen molar-refractivity contribution < 1.29 is 51.0 Å². The SMILES string of the molecule is CCCCc1c[cH-]cc1C.[Cl-].[Cl-].[Zr+3]. The molecule has 0 atom stereocenters. The minimum Gasteiger partial charge on any atom is -1.00 e. The zero-order valence-electron chi connectivity index (χ0n) is 8.11. The number of hydrogen-bond acceptors (Lipinski definition) is 0. The average Bonchev–Trinajstić information content (AvgIpc) is 2.31. The van der Waals surface area contributed by atoms with E-state index < -0.39 is 0 Å². The van der Waals surface area contributed by atoms with E-state index in [0.717, 1.165) is 0 Å². The van der Waals surface area contributed by atoms with Crippen molar-refractivity contribution in [3.8, 4) is 0 Å². The fourth-order valence-corrected chi connectivity index (χ4v) is 1.19. The minimum atomic E-state index is 0. The normalized spacial score (nSPS) is 7.85. The van der Waals surface area contributed by atoms with Crippen LogP contribution in [0.4, 0.5) is 0 Å². The maximum Gasteiger partial charge on any atom is 3.00 e. The third kappa shape index (κ3) is 6.83. The van der Waals surface area contributed by atoms with E-state index in [1.807, 2.05) is 0 Å². The van der Waals surface area contributed by atoms with E-state index in [0.29, 0.717) is 0 Å². The van der Waals surface area contributed by atoms with Gasteiger partial charge >= 0.3 is 26.2 Å². The van der Waals surface area contributed by atoms with Gasteiger partial charge in [-0.15, -0.1) is 0 Å². The van der Waals surface area contributed by atoms with Crippen LogP contribution in [0.2, 0.25) is 0 Å². The summed E-state index contributed by atoms with van der Waals surface area (Å²) in [5.41, 5.74) is 2.98. The van der Waals surface area contributed by atoms with Gasteiger partial charge in [-0.2, -0.15) is 29.3 Å². The number of unbranched alkanes of at least 4 members (excludes halogenated alkanes) is 1. The number of rotatable bonds is 3. The standard InChI is InChI=1S/C10H15.2ClH.Zr/c1-3-4-7-10-8-5-6-9(10)2;;;/h5-6,8H,3-4,7H2,1-2H3;2*1H;/q-1;;;+3/p-2. The largest absolute Gasteiger partial charge is 3.00 e. The molecule has 0 heterocycles. The van der Waals surface area contributed by atoms with Crippen molar-refractivity contribution in [1.29, 1.82) is 0 Å². The molecule has 0 aliphatic rings.